The fraction of sp³-hybridized carbons (Fsp3) is 0.143. The highest BCUT2D eigenvalue weighted by atomic mass is 16.5. The van der Waals surface area contributed by atoms with Crippen molar-refractivity contribution in [1.29, 1.82) is 0 Å². The van der Waals surface area contributed by atoms with E-state index in [9.17, 15) is 9.59 Å². The maximum Gasteiger partial charge on any atom is 0.241 e. The van der Waals surface area contributed by atoms with Gasteiger partial charge in [-0.1, -0.05) is 30.3 Å². The van der Waals surface area contributed by atoms with E-state index < -0.39 is 11.8 Å². The first-order chi connectivity index (χ1) is 13.5. The molecule has 2 aromatic carbocycles. The summed E-state index contributed by atoms with van der Waals surface area (Å²) in [7, 11) is 1.60. The number of amides is 2. The van der Waals surface area contributed by atoms with Crippen molar-refractivity contribution in [3.63, 3.8) is 0 Å². The van der Waals surface area contributed by atoms with Crippen molar-refractivity contribution >= 4 is 24.0 Å². The zero-order valence-electron chi connectivity index (χ0n) is 15.9. The van der Waals surface area contributed by atoms with Crippen molar-refractivity contribution in [3.8, 4) is 17.0 Å². The SMILES string of the molecule is COc1ccc(/C=N\n2cc(-c3ccccc3)nc2N(C(C)=O)C(C)=O)cc1. The number of carbonyl (C=O) groups is 2. The molecule has 7 heteroatoms. The van der Waals surface area contributed by atoms with Crippen molar-refractivity contribution in [2.24, 2.45) is 5.10 Å². The third kappa shape index (κ3) is 4.15. The third-order valence-corrected chi connectivity index (χ3v) is 4.02. The molecule has 1 heterocycles. The summed E-state index contributed by atoms with van der Waals surface area (Å²) in [6.07, 6.45) is 3.31. The molecule has 0 saturated heterocycles. The van der Waals surface area contributed by atoms with Gasteiger partial charge in [-0.3, -0.25) is 9.59 Å². The molecule has 0 spiro atoms. The van der Waals surface area contributed by atoms with E-state index in [1.165, 1.54) is 18.5 Å². The van der Waals surface area contributed by atoms with E-state index in [1.54, 1.807) is 19.5 Å². The average molecular weight is 376 g/mol. The Morgan fingerprint density at radius 2 is 1.68 bits per heavy atom. The van der Waals surface area contributed by atoms with Crippen LogP contribution in [-0.4, -0.2) is 34.8 Å². The number of hydrogen-bond acceptors (Lipinski definition) is 5. The van der Waals surface area contributed by atoms with Crippen molar-refractivity contribution < 1.29 is 14.3 Å². The van der Waals surface area contributed by atoms with Gasteiger partial charge < -0.3 is 4.74 Å². The smallest absolute Gasteiger partial charge is 0.241 e. The molecule has 2 amide bonds. The molecule has 0 unspecified atom stereocenters. The molecule has 7 nitrogen and oxygen atoms in total. The van der Waals surface area contributed by atoms with Crippen LogP contribution in [0, 0.1) is 0 Å². The summed E-state index contributed by atoms with van der Waals surface area (Å²) in [5.74, 6) is 0.0204. The highest BCUT2D eigenvalue weighted by Crippen LogP contribution is 2.23. The number of hydrogen-bond donors (Lipinski definition) is 0. The van der Waals surface area contributed by atoms with E-state index in [-0.39, 0.29) is 5.95 Å². The molecule has 142 valence electrons. The molecule has 0 saturated carbocycles. The van der Waals surface area contributed by atoms with Crippen LogP contribution >= 0.6 is 0 Å². The van der Waals surface area contributed by atoms with Gasteiger partial charge >= 0.3 is 0 Å². The Hall–Kier alpha value is -3.74. The van der Waals surface area contributed by atoms with Crippen LogP contribution < -0.4 is 9.64 Å². The van der Waals surface area contributed by atoms with Crippen LogP contribution in [0.15, 0.2) is 65.9 Å². The fourth-order valence-corrected chi connectivity index (χ4v) is 2.67. The first-order valence-electron chi connectivity index (χ1n) is 8.64. The van der Waals surface area contributed by atoms with Gasteiger partial charge in [0.15, 0.2) is 0 Å². The standard InChI is InChI=1S/C21H20N4O3/c1-15(26)25(16(2)27)21-23-20(18-7-5-4-6-8-18)14-24(21)22-13-17-9-11-19(28-3)12-10-17/h4-14H,1-3H3/b22-13-. The molecule has 0 aliphatic rings. The number of rotatable bonds is 5. The molecule has 1 aromatic heterocycles. The van der Waals surface area contributed by atoms with Crippen molar-refractivity contribution in [1.82, 2.24) is 9.66 Å². The summed E-state index contributed by atoms with van der Waals surface area (Å²) in [5.41, 5.74) is 2.29. The molecule has 0 N–H and O–H groups in total. The van der Waals surface area contributed by atoms with Gasteiger partial charge in [0.1, 0.15) is 5.75 Å². The zero-order valence-corrected chi connectivity index (χ0v) is 15.9. The van der Waals surface area contributed by atoms with E-state index in [1.807, 2.05) is 54.6 Å². The molecule has 3 rings (SSSR count). The van der Waals surface area contributed by atoms with Crippen LogP contribution in [-0.2, 0) is 9.59 Å². The monoisotopic (exact) mass is 376 g/mol. The van der Waals surface area contributed by atoms with Crippen LogP contribution in [0.2, 0.25) is 0 Å². The third-order valence-electron chi connectivity index (χ3n) is 4.02. The number of imide groups is 1. The van der Waals surface area contributed by atoms with Gasteiger partial charge in [-0.05, 0) is 29.8 Å². The quantitative estimate of drug-likeness (QED) is 0.640. The maximum atomic E-state index is 12.0. The highest BCUT2D eigenvalue weighted by molar-refractivity contribution is 6.12. The predicted octanol–water partition coefficient (Wildman–Crippen LogP) is 3.34. The number of methoxy groups -OCH3 is 1. The Balaban J connectivity index is 2.04. The number of carbonyl (C=O) groups excluding carboxylic acids is 2. The minimum Gasteiger partial charge on any atom is -0.497 e. The highest BCUT2D eigenvalue weighted by Gasteiger charge is 2.23. The minimum atomic E-state index is -0.432. The molecule has 28 heavy (non-hydrogen) atoms. The first kappa shape index (κ1) is 19.0. The van der Waals surface area contributed by atoms with Crippen LogP contribution in [0.4, 0.5) is 5.95 Å². The first-order valence-corrected chi connectivity index (χ1v) is 8.64. The lowest BCUT2D eigenvalue weighted by Gasteiger charge is -2.15. The van der Waals surface area contributed by atoms with Crippen molar-refractivity contribution in [2.45, 2.75) is 13.8 Å². The van der Waals surface area contributed by atoms with Gasteiger partial charge in [0.25, 0.3) is 0 Å². The molecule has 0 atom stereocenters. The van der Waals surface area contributed by atoms with Crippen molar-refractivity contribution in [3.05, 3.63) is 66.4 Å². The van der Waals surface area contributed by atoms with E-state index in [2.05, 4.69) is 10.1 Å². The van der Waals surface area contributed by atoms with Crippen LogP contribution in [0.25, 0.3) is 11.3 Å². The van der Waals surface area contributed by atoms with Gasteiger partial charge in [0.2, 0.25) is 17.8 Å². The van der Waals surface area contributed by atoms with Crippen molar-refractivity contribution in [2.75, 3.05) is 12.0 Å². The number of ether oxygens (including phenoxy) is 1. The Labute approximate surface area is 162 Å². The van der Waals surface area contributed by atoms with Gasteiger partial charge in [-0.2, -0.15) is 5.10 Å². The largest absolute Gasteiger partial charge is 0.497 e. The zero-order chi connectivity index (χ0) is 20.1. The summed E-state index contributed by atoms with van der Waals surface area (Å²) >= 11 is 0. The molecule has 0 bridgehead atoms. The number of imidazole rings is 1. The fourth-order valence-electron chi connectivity index (χ4n) is 2.67. The van der Waals surface area contributed by atoms with Gasteiger partial charge in [-0.25, -0.2) is 14.6 Å². The predicted molar refractivity (Wildman–Crippen MR) is 107 cm³/mol. The second kappa shape index (κ2) is 8.30. The van der Waals surface area contributed by atoms with Crippen LogP contribution in [0.5, 0.6) is 5.75 Å². The lowest BCUT2D eigenvalue weighted by atomic mass is 10.2. The summed E-state index contributed by atoms with van der Waals surface area (Å²) in [5, 5.41) is 4.41. The van der Waals surface area contributed by atoms with E-state index >= 15 is 0 Å². The maximum absolute atomic E-state index is 12.0. The Bertz CT molecular complexity index is 994. The number of aromatic nitrogens is 2. The van der Waals surface area contributed by atoms with Crippen LogP contribution in [0.1, 0.15) is 19.4 Å². The van der Waals surface area contributed by atoms with Gasteiger partial charge in [0, 0.05) is 19.4 Å². The Kier molecular flexibility index (Phi) is 5.64. The number of benzene rings is 2. The number of nitrogens with zero attached hydrogens (tertiary/aromatic N) is 4. The Morgan fingerprint density at radius 1 is 1.04 bits per heavy atom. The van der Waals surface area contributed by atoms with E-state index in [0.29, 0.717) is 5.69 Å². The summed E-state index contributed by atoms with van der Waals surface area (Å²) in [4.78, 5) is 29.5. The van der Waals surface area contributed by atoms with E-state index in [0.717, 1.165) is 21.8 Å². The van der Waals surface area contributed by atoms with E-state index in [4.69, 9.17) is 4.74 Å². The molecular weight excluding hydrogens is 356 g/mol. The summed E-state index contributed by atoms with van der Waals surface area (Å²) in [6, 6.07) is 16.8. The van der Waals surface area contributed by atoms with Crippen LogP contribution in [0.3, 0.4) is 0 Å². The molecule has 0 fully saturated rings. The lowest BCUT2D eigenvalue weighted by Crippen LogP contribution is -2.35. The summed E-state index contributed by atoms with van der Waals surface area (Å²) in [6.45, 7) is 2.63. The second-order valence-electron chi connectivity index (χ2n) is 6.03. The minimum absolute atomic E-state index is 0.142. The molecule has 0 aliphatic heterocycles. The summed E-state index contributed by atoms with van der Waals surface area (Å²) < 4.78 is 6.57. The second-order valence-corrected chi connectivity index (χ2v) is 6.03. The topological polar surface area (TPSA) is 76.8 Å². The normalized spacial score (nSPS) is 10.8. The number of anilines is 1. The Morgan fingerprint density at radius 3 is 2.25 bits per heavy atom. The average Bonchev–Trinajstić information content (AvgIpc) is 3.10. The molecule has 0 aliphatic carbocycles. The lowest BCUT2D eigenvalue weighted by molar-refractivity contribution is -0.124. The molecule has 3 aromatic rings. The molecule has 0 radical (unpaired) electrons. The molecular formula is C21H20N4O3. The van der Waals surface area contributed by atoms with Gasteiger partial charge in [0.05, 0.1) is 25.2 Å². The van der Waals surface area contributed by atoms with Gasteiger partial charge in [-0.15, -0.1) is 0 Å².